The van der Waals surface area contributed by atoms with Crippen LogP contribution in [0, 0.1) is 0 Å². The molecule has 2 aromatic rings. The van der Waals surface area contributed by atoms with Crippen LogP contribution in [-0.2, 0) is 16.9 Å². The molecule has 0 bridgehead atoms. The molecular formula is C18H20ClNO2. The lowest BCUT2D eigenvalue weighted by molar-refractivity contribution is -0.152. The highest BCUT2D eigenvalue weighted by atomic mass is 35.5. The molecule has 1 aliphatic heterocycles. The molecule has 3 rings (SSSR count). The van der Waals surface area contributed by atoms with Gasteiger partial charge in [0.25, 0.3) is 0 Å². The normalized spacial score (nSPS) is 25.1. The van der Waals surface area contributed by atoms with Gasteiger partial charge in [-0.1, -0.05) is 54.1 Å². The maximum Gasteiger partial charge on any atom is 0.122 e. The average Bonchev–Trinajstić information content (AvgIpc) is 2.56. The molecule has 0 aromatic heterocycles. The van der Waals surface area contributed by atoms with E-state index in [0.717, 1.165) is 24.1 Å². The standard InChI is InChI=1S/C18H20ClNO2/c19-16-8-6-15(7-9-16)18(10-11-20-12-17(18)21)22-13-14-4-2-1-3-5-14/h1-9,17,20-21H,10-13H2. The second-order valence-corrected chi connectivity index (χ2v) is 6.08. The van der Waals surface area contributed by atoms with Crippen LogP contribution in [0.15, 0.2) is 54.6 Å². The highest BCUT2D eigenvalue weighted by molar-refractivity contribution is 6.30. The van der Waals surface area contributed by atoms with Crippen molar-refractivity contribution in [3.05, 3.63) is 70.7 Å². The predicted octanol–water partition coefficient (Wildman–Crippen LogP) is 3.11. The Balaban J connectivity index is 1.87. The Hall–Kier alpha value is -1.39. The highest BCUT2D eigenvalue weighted by Crippen LogP contribution is 2.36. The van der Waals surface area contributed by atoms with E-state index in [1.54, 1.807) is 0 Å². The molecule has 0 spiro atoms. The number of ether oxygens (including phenoxy) is 1. The third kappa shape index (κ3) is 3.18. The Morgan fingerprint density at radius 2 is 1.86 bits per heavy atom. The number of aliphatic hydroxyl groups excluding tert-OH is 1. The molecule has 1 saturated heterocycles. The first-order valence-corrected chi connectivity index (χ1v) is 7.91. The SMILES string of the molecule is OC1CNCCC1(OCc1ccccc1)c1ccc(Cl)cc1. The molecule has 0 aliphatic carbocycles. The van der Waals surface area contributed by atoms with Crippen LogP contribution in [-0.4, -0.2) is 24.3 Å². The van der Waals surface area contributed by atoms with Gasteiger partial charge in [0.05, 0.1) is 12.7 Å². The zero-order valence-corrected chi connectivity index (χ0v) is 13.1. The Labute approximate surface area is 135 Å². The van der Waals surface area contributed by atoms with Crippen molar-refractivity contribution in [2.45, 2.75) is 24.7 Å². The smallest absolute Gasteiger partial charge is 0.122 e. The summed E-state index contributed by atoms with van der Waals surface area (Å²) in [5.41, 5.74) is 1.38. The average molecular weight is 318 g/mol. The van der Waals surface area contributed by atoms with Gasteiger partial charge in [0.15, 0.2) is 0 Å². The van der Waals surface area contributed by atoms with E-state index in [1.807, 2.05) is 54.6 Å². The summed E-state index contributed by atoms with van der Waals surface area (Å²) in [4.78, 5) is 0. The minimum atomic E-state index is -0.689. The quantitative estimate of drug-likeness (QED) is 0.910. The molecule has 4 heteroatoms. The van der Waals surface area contributed by atoms with Crippen LogP contribution >= 0.6 is 11.6 Å². The molecule has 2 N–H and O–H groups in total. The van der Waals surface area contributed by atoms with Gasteiger partial charge in [0.2, 0.25) is 0 Å². The first-order chi connectivity index (χ1) is 10.7. The Morgan fingerprint density at radius 1 is 1.14 bits per heavy atom. The van der Waals surface area contributed by atoms with Crippen LogP contribution in [0.4, 0.5) is 0 Å². The summed E-state index contributed by atoms with van der Waals surface area (Å²) < 4.78 is 6.26. The van der Waals surface area contributed by atoms with E-state index in [1.165, 1.54) is 0 Å². The minimum absolute atomic E-state index is 0.473. The van der Waals surface area contributed by atoms with Gasteiger partial charge in [0.1, 0.15) is 5.60 Å². The van der Waals surface area contributed by atoms with Crippen LogP contribution in [0.5, 0.6) is 0 Å². The first kappa shape index (κ1) is 15.5. The zero-order valence-electron chi connectivity index (χ0n) is 12.3. The molecule has 22 heavy (non-hydrogen) atoms. The van der Waals surface area contributed by atoms with Crippen molar-refractivity contribution in [1.29, 1.82) is 0 Å². The third-order valence-electron chi connectivity index (χ3n) is 4.22. The van der Waals surface area contributed by atoms with Crippen molar-refractivity contribution in [2.75, 3.05) is 13.1 Å². The lowest BCUT2D eigenvalue weighted by atomic mass is 9.82. The van der Waals surface area contributed by atoms with Crippen LogP contribution in [0.1, 0.15) is 17.5 Å². The molecule has 2 atom stereocenters. The number of nitrogens with one attached hydrogen (secondary N) is 1. The molecule has 2 aromatic carbocycles. The molecule has 3 nitrogen and oxygen atoms in total. The number of rotatable bonds is 4. The maximum absolute atomic E-state index is 10.6. The Bertz CT molecular complexity index is 602. The fraction of sp³-hybridized carbons (Fsp3) is 0.333. The van der Waals surface area contributed by atoms with E-state index in [9.17, 15) is 5.11 Å². The first-order valence-electron chi connectivity index (χ1n) is 7.53. The van der Waals surface area contributed by atoms with Crippen molar-refractivity contribution < 1.29 is 9.84 Å². The third-order valence-corrected chi connectivity index (χ3v) is 4.47. The summed E-state index contributed by atoms with van der Waals surface area (Å²) >= 11 is 5.99. The number of piperidine rings is 1. The molecule has 0 saturated carbocycles. The molecule has 1 fully saturated rings. The second-order valence-electron chi connectivity index (χ2n) is 5.64. The van der Waals surface area contributed by atoms with E-state index in [2.05, 4.69) is 5.32 Å². The number of benzene rings is 2. The largest absolute Gasteiger partial charge is 0.388 e. The van der Waals surface area contributed by atoms with Crippen molar-refractivity contribution in [2.24, 2.45) is 0 Å². The van der Waals surface area contributed by atoms with Crippen molar-refractivity contribution in [1.82, 2.24) is 5.32 Å². The Kier molecular flexibility index (Phi) is 4.79. The van der Waals surface area contributed by atoms with E-state index in [0.29, 0.717) is 18.2 Å². The summed E-state index contributed by atoms with van der Waals surface area (Å²) in [5.74, 6) is 0. The summed E-state index contributed by atoms with van der Waals surface area (Å²) in [6.45, 7) is 1.81. The van der Waals surface area contributed by atoms with Crippen molar-refractivity contribution in [3.8, 4) is 0 Å². The van der Waals surface area contributed by atoms with Crippen LogP contribution in [0.2, 0.25) is 5.02 Å². The van der Waals surface area contributed by atoms with E-state index < -0.39 is 11.7 Å². The number of aliphatic hydroxyl groups is 1. The summed E-state index contributed by atoms with van der Waals surface area (Å²) in [7, 11) is 0. The number of β-amino-alcohol motifs (C(OH)–C–C–N with tert-alkyl or cyclic N) is 1. The minimum Gasteiger partial charge on any atom is -0.388 e. The van der Waals surface area contributed by atoms with Gasteiger partial charge in [-0.2, -0.15) is 0 Å². The number of hydrogen-bond donors (Lipinski definition) is 2. The van der Waals surface area contributed by atoms with Crippen molar-refractivity contribution in [3.63, 3.8) is 0 Å². The molecule has 1 aliphatic rings. The van der Waals surface area contributed by atoms with Gasteiger partial charge in [-0.3, -0.25) is 0 Å². The Morgan fingerprint density at radius 3 is 2.55 bits per heavy atom. The summed E-state index contributed by atoms with van der Waals surface area (Å²) in [6.07, 6.45) is 0.133. The molecule has 116 valence electrons. The van der Waals surface area contributed by atoms with Gasteiger partial charge in [0, 0.05) is 11.6 Å². The molecule has 2 unspecified atom stereocenters. The molecule has 0 radical (unpaired) electrons. The van der Waals surface area contributed by atoms with Gasteiger partial charge in [-0.05, 0) is 36.2 Å². The monoisotopic (exact) mass is 317 g/mol. The lowest BCUT2D eigenvalue weighted by Crippen LogP contribution is -2.53. The van der Waals surface area contributed by atoms with Crippen molar-refractivity contribution >= 4 is 11.6 Å². The molecule has 0 amide bonds. The number of halogens is 1. The van der Waals surface area contributed by atoms with Crippen LogP contribution in [0.3, 0.4) is 0 Å². The van der Waals surface area contributed by atoms with E-state index in [-0.39, 0.29) is 0 Å². The van der Waals surface area contributed by atoms with Crippen LogP contribution in [0.25, 0.3) is 0 Å². The maximum atomic E-state index is 10.6. The van der Waals surface area contributed by atoms with Gasteiger partial charge >= 0.3 is 0 Å². The zero-order chi connectivity index (χ0) is 15.4. The second kappa shape index (κ2) is 6.80. The summed E-state index contributed by atoms with van der Waals surface area (Å²) in [6, 6.07) is 17.6. The highest BCUT2D eigenvalue weighted by Gasteiger charge is 2.42. The van der Waals surface area contributed by atoms with Gasteiger partial charge in [-0.25, -0.2) is 0 Å². The van der Waals surface area contributed by atoms with E-state index >= 15 is 0 Å². The van der Waals surface area contributed by atoms with E-state index in [4.69, 9.17) is 16.3 Å². The summed E-state index contributed by atoms with van der Waals surface area (Å²) in [5, 5.41) is 14.5. The topological polar surface area (TPSA) is 41.5 Å². The predicted molar refractivity (Wildman–Crippen MR) is 87.9 cm³/mol. The molecule has 1 heterocycles. The fourth-order valence-electron chi connectivity index (χ4n) is 2.95. The molecular weight excluding hydrogens is 298 g/mol. The lowest BCUT2D eigenvalue weighted by Gasteiger charge is -2.42. The fourth-order valence-corrected chi connectivity index (χ4v) is 3.08. The van der Waals surface area contributed by atoms with Gasteiger partial charge < -0.3 is 15.2 Å². The van der Waals surface area contributed by atoms with Gasteiger partial charge in [-0.15, -0.1) is 0 Å². The van der Waals surface area contributed by atoms with Crippen LogP contribution < -0.4 is 5.32 Å². The number of hydrogen-bond acceptors (Lipinski definition) is 3.